The van der Waals surface area contributed by atoms with E-state index in [0.717, 1.165) is 40.8 Å². The summed E-state index contributed by atoms with van der Waals surface area (Å²) in [6.07, 6.45) is 2.02. The Bertz CT molecular complexity index is 1370. The second-order valence-electron chi connectivity index (χ2n) is 9.03. The van der Waals surface area contributed by atoms with Gasteiger partial charge in [-0.05, 0) is 48.7 Å². The normalized spacial score (nSPS) is 14.6. The van der Waals surface area contributed by atoms with Gasteiger partial charge in [0.15, 0.2) is 11.5 Å². The lowest BCUT2D eigenvalue weighted by Gasteiger charge is -2.27. The number of H-pyrrole nitrogens is 1. The van der Waals surface area contributed by atoms with Gasteiger partial charge in [0.2, 0.25) is 0 Å². The lowest BCUT2D eigenvalue weighted by atomic mass is 9.95. The summed E-state index contributed by atoms with van der Waals surface area (Å²) in [6.45, 7) is 5.66. The molecule has 0 saturated heterocycles. The molecule has 1 atom stereocenters. The molecular weight excluding hydrogens is 486 g/mol. The first kappa shape index (κ1) is 24.9. The molecule has 1 aliphatic heterocycles. The van der Waals surface area contributed by atoms with Gasteiger partial charge >= 0.3 is 0 Å². The maximum Gasteiger partial charge on any atom is 0.273 e. The van der Waals surface area contributed by atoms with Gasteiger partial charge in [-0.1, -0.05) is 73.5 Å². The van der Waals surface area contributed by atoms with Crippen LogP contribution in [0.2, 0.25) is 5.02 Å². The van der Waals surface area contributed by atoms with Crippen LogP contribution in [-0.2, 0) is 6.54 Å². The topological polar surface area (TPSA) is 67.5 Å². The highest BCUT2D eigenvalue weighted by molar-refractivity contribution is 6.30. The van der Waals surface area contributed by atoms with Crippen LogP contribution in [0, 0.1) is 0 Å². The number of ether oxygens (including phenoxy) is 2. The Morgan fingerprint density at radius 1 is 0.973 bits per heavy atom. The third-order valence-corrected chi connectivity index (χ3v) is 6.77. The smallest absolute Gasteiger partial charge is 0.273 e. The maximum atomic E-state index is 13.7. The summed E-state index contributed by atoms with van der Waals surface area (Å²) in [6, 6.07) is 23.1. The Balaban J connectivity index is 1.60. The van der Waals surface area contributed by atoms with Crippen LogP contribution >= 0.6 is 11.6 Å². The van der Waals surface area contributed by atoms with Gasteiger partial charge in [-0.15, -0.1) is 0 Å². The fourth-order valence-electron chi connectivity index (χ4n) is 4.72. The number of rotatable bonds is 10. The number of aromatic nitrogens is 2. The van der Waals surface area contributed by atoms with Gasteiger partial charge in [-0.25, -0.2) is 0 Å². The maximum absolute atomic E-state index is 13.7. The van der Waals surface area contributed by atoms with Crippen molar-refractivity contribution in [1.29, 1.82) is 0 Å². The molecule has 190 valence electrons. The number of fused-ring (bicyclic) bond motifs is 1. The van der Waals surface area contributed by atoms with Gasteiger partial charge < -0.3 is 14.4 Å². The first-order valence-corrected chi connectivity index (χ1v) is 13.1. The third-order valence-electron chi connectivity index (χ3n) is 6.52. The highest BCUT2D eigenvalue weighted by atomic mass is 35.5. The minimum absolute atomic E-state index is 0.0918. The Kier molecular flexibility index (Phi) is 7.47. The van der Waals surface area contributed by atoms with E-state index < -0.39 is 0 Å². The number of carbonyl (C=O) groups is 1. The summed E-state index contributed by atoms with van der Waals surface area (Å²) >= 11 is 6.11. The van der Waals surface area contributed by atoms with E-state index in [1.165, 1.54) is 0 Å². The van der Waals surface area contributed by atoms with Crippen molar-refractivity contribution in [2.75, 3.05) is 13.2 Å². The molecule has 0 radical (unpaired) electrons. The number of unbranched alkanes of at least 4 members (excludes halogenated alkanes) is 1. The fourth-order valence-corrected chi connectivity index (χ4v) is 4.84. The number of aromatic amines is 1. The van der Waals surface area contributed by atoms with Gasteiger partial charge in [-0.3, -0.25) is 9.89 Å². The second-order valence-corrected chi connectivity index (χ2v) is 9.47. The summed E-state index contributed by atoms with van der Waals surface area (Å²) in [7, 11) is 0. The van der Waals surface area contributed by atoms with E-state index in [1.54, 1.807) is 0 Å². The largest absolute Gasteiger partial charge is 0.490 e. The number of benzene rings is 3. The molecule has 37 heavy (non-hydrogen) atoms. The van der Waals surface area contributed by atoms with Crippen molar-refractivity contribution in [3.63, 3.8) is 0 Å². The zero-order valence-electron chi connectivity index (χ0n) is 21.0. The van der Waals surface area contributed by atoms with E-state index >= 15 is 0 Å². The van der Waals surface area contributed by atoms with Crippen LogP contribution in [0.1, 0.15) is 59.9 Å². The minimum atomic E-state index is -0.351. The van der Waals surface area contributed by atoms with Gasteiger partial charge in [0, 0.05) is 22.7 Å². The number of nitrogens with zero attached hydrogens (tertiary/aromatic N) is 2. The van der Waals surface area contributed by atoms with E-state index in [9.17, 15) is 4.79 Å². The summed E-state index contributed by atoms with van der Waals surface area (Å²) in [4.78, 5) is 15.6. The molecule has 1 aromatic heterocycles. The molecule has 6 nitrogen and oxygen atoms in total. The average molecular weight is 516 g/mol. The van der Waals surface area contributed by atoms with Crippen molar-refractivity contribution in [3.8, 4) is 22.8 Å². The van der Waals surface area contributed by atoms with Crippen molar-refractivity contribution < 1.29 is 14.3 Å². The summed E-state index contributed by atoms with van der Waals surface area (Å²) in [5.41, 5.74) is 5.04. The third kappa shape index (κ3) is 5.07. The van der Waals surface area contributed by atoms with Crippen LogP contribution in [-0.4, -0.2) is 34.2 Å². The zero-order valence-corrected chi connectivity index (χ0v) is 21.8. The zero-order chi connectivity index (χ0) is 25.8. The highest BCUT2D eigenvalue weighted by Crippen LogP contribution is 2.45. The van der Waals surface area contributed by atoms with Crippen molar-refractivity contribution in [3.05, 3.63) is 100 Å². The van der Waals surface area contributed by atoms with Crippen LogP contribution in [0.5, 0.6) is 11.5 Å². The molecule has 2 heterocycles. The van der Waals surface area contributed by atoms with E-state index in [0.29, 0.717) is 42.0 Å². The Hall–Kier alpha value is -3.77. The van der Waals surface area contributed by atoms with Crippen molar-refractivity contribution in [2.45, 2.75) is 39.3 Å². The SMILES string of the molecule is CCCCOc1ccc(C2c3c(-c4ccccc4)n[nH]c3C(=O)N2Cc2ccc(Cl)cc2)cc1OCC. The molecule has 1 N–H and O–H groups in total. The number of amides is 1. The predicted molar refractivity (Wildman–Crippen MR) is 145 cm³/mol. The van der Waals surface area contributed by atoms with Gasteiger partial charge in [0.05, 0.1) is 24.9 Å². The monoisotopic (exact) mass is 515 g/mol. The molecule has 0 aliphatic carbocycles. The predicted octanol–water partition coefficient (Wildman–Crippen LogP) is 7.05. The first-order chi connectivity index (χ1) is 18.1. The minimum Gasteiger partial charge on any atom is -0.490 e. The summed E-state index contributed by atoms with van der Waals surface area (Å²) in [5.74, 6) is 1.29. The first-order valence-electron chi connectivity index (χ1n) is 12.7. The molecule has 0 fully saturated rings. The molecule has 7 heteroatoms. The van der Waals surface area contributed by atoms with E-state index in [4.69, 9.17) is 21.1 Å². The number of nitrogens with one attached hydrogen (secondary N) is 1. The van der Waals surface area contributed by atoms with Crippen LogP contribution in [0.15, 0.2) is 72.8 Å². The quantitative estimate of drug-likeness (QED) is 0.230. The number of hydrogen-bond acceptors (Lipinski definition) is 4. The van der Waals surface area contributed by atoms with E-state index in [1.807, 2.05) is 84.6 Å². The fraction of sp³-hybridized carbons (Fsp3) is 0.267. The molecule has 1 amide bonds. The van der Waals surface area contributed by atoms with Crippen molar-refractivity contribution in [1.82, 2.24) is 15.1 Å². The molecule has 4 aromatic rings. The van der Waals surface area contributed by atoms with Gasteiger partial charge in [-0.2, -0.15) is 5.10 Å². The Morgan fingerprint density at radius 2 is 1.76 bits per heavy atom. The average Bonchev–Trinajstić information content (AvgIpc) is 3.46. The summed E-state index contributed by atoms with van der Waals surface area (Å²) < 4.78 is 12.0. The van der Waals surface area contributed by atoms with E-state index in [2.05, 4.69) is 17.1 Å². The molecule has 1 aliphatic rings. The molecule has 0 saturated carbocycles. The molecule has 1 unspecified atom stereocenters. The van der Waals surface area contributed by atoms with Crippen LogP contribution < -0.4 is 9.47 Å². The van der Waals surface area contributed by atoms with Crippen LogP contribution in [0.4, 0.5) is 0 Å². The summed E-state index contributed by atoms with van der Waals surface area (Å²) in [5, 5.41) is 8.25. The molecule has 0 spiro atoms. The Morgan fingerprint density at radius 3 is 2.49 bits per heavy atom. The number of carbonyl (C=O) groups excluding carboxylic acids is 1. The lowest BCUT2D eigenvalue weighted by molar-refractivity contribution is 0.0729. The molecule has 3 aromatic carbocycles. The van der Waals surface area contributed by atoms with Crippen LogP contribution in [0.25, 0.3) is 11.3 Å². The molecule has 5 rings (SSSR count). The number of halogens is 1. The number of hydrogen-bond donors (Lipinski definition) is 1. The van der Waals surface area contributed by atoms with E-state index in [-0.39, 0.29) is 11.9 Å². The highest BCUT2D eigenvalue weighted by Gasteiger charge is 2.42. The molecular formula is C30H30ClN3O3. The lowest BCUT2D eigenvalue weighted by Crippen LogP contribution is -2.29. The van der Waals surface area contributed by atoms with Gasteiger partial charge in [0.1, 0.15) is 5.69 Å². The van der Waals surface area contributed by atoms with Crippen molar-refractivity contribution in [2.24, 2.45) is 0 Å². The Labute approximate surface area is 222 Å². The van der Waals surface area contributed by atoms with Crippen LogP contribution in [0.3, 0.4) is 0 Å². The molecule has 0 bridgehead atoms. The standard InChI is InChI=1S/C30H30ClN3O3/c1-3-5-17-37-24-16-13-22(18-25(24)36-4-2)29-26-27(21-9-7-6-8-10-21)32-33-28(26)30(35)34(29)19-20-11-14-23(31)15-12-20/h6-16,18,29H,3-5,17,19H2,1-2H3,(H,32,33). The van der Waals surface area contributed by atoms with Crippen molar-refractivity contribution >= 4 is 17.5 Å². The van der Waals surface area contributed by atoms with Gasteiger partial charge in [0.25, 0.3) is 5.91 Å². The second kappa shape index (κ2) is 11.1.